The number of ether oxygens (including phenoxy) is 1. The van der Waals surface area contributed by atoms with Crippen molar-refractivity contribution in [3.63, 3.8) is 0 Å². The van der Waals surface area contributed by atoms with Crippen LogP contribution in [0.15, 0.2) is 0 Å². The molecular formula is C13H25NO2. The van der Waals surface area contributed by atoms with Gasteiger partial charge in [-0.1, -0.05) is 6.42 Å². The van der Waals surface area contributed by atoms with Crippen molar-refractivity contribution in [2.45, 2.75) is 44.6 Å². The largest absolute Gasteiger partial charge is 0.396 e. The van der Waals surface area contributed by atoms with E-state index >= 15 is 0 Å². The van der Waals surface area contributed by atoms with E-state index in [1.165, 1.54) is 32.1 Å². The van der Waals surface area contributed by atoms with E-state index in [0.717, 1.165) is 26.2 Å². The molecule has 3 atom stereocenters. The van der Waals surface area contributed by atoms with Crippen molar-refractivity contribution >= 4 is 0 Å². The number of rotatable bonds is 4. The van der Waals surface area contributed by atoms with Crippen LogP contribution in [0, 0.1) is 11.8 Å². The van der Waals surface area contributed by atoms with Crippen molar-refractivity contribution in [1.82, 2.24) is 5.32 Å². The minimum Gasteiger partial charge on any atom is -0.396 e. The SMILES string of the molecule is OCC1CCCC1CNC1CCCOCC1. The highest BCUT2D eigenvalue weighted by Crippen LogP contribution is 2.30. The minimum atomic E-state index is 0.375. The maximum Gasteiger partial charge on any atom is 0.0480 e. The van der Waals surface area contributed by atoms with Crippen LogP contribution in [-0.2, 0) is 4.74 Å². The van der Waals surface area contributed by atoms with Crippen LogP contribution in [0.1, 0.15) is 38.5 Å². The van der Waals surface area contributed by atoms with E-state index in [9.17, 15) is 5.11 Å². The summed E-state index contributed by atoms with van der Waals surface area (Å²) in [6, 6.07) is 0.641. The van der Waals surface area contributed by atoms with Gasteiger partial charge in [0.05, 0.1) is 0 Å². The Morgan fingerprint density at radius 2 is 1.88 bits per heavy atom. The monoisotopic (exact) mass is 227 g/mol. The molecule has 2 fully saturated rings. The van der Waals surface area contributed by atoms with Gasteiger partial charge in [-0.15, -0.1) is 0 Å². The number of aliphatic hydroxyl groups is 1. The number of hydrogen-bond donors (Lipinski definition) is 2. The zero-order valence-electron chi connectivity index (χ0n) is 10.2. The second-order valence-electron chi connectivity index (χ2n) is 5.28. The maximum absolute atomic E-state index is 9.27. The lowest BCUT2D eigenvalue weighted by molar-refractivity contribution is 0.142. The third-order valence-electron chi connectivity index (χ3n) is 4.17. The fourth-order valence-electron chi connectivity index (χ4n) is 3.05. The molecule has 0 amide bonds. The molecule has 2 rings (SSSR count). The highest BCUT2D eigenvalue weighted by Gasteiger charge is 2.26. The zero-order chi connectivity index (χ0) is 11.2. The summed E-state index contributed by atoms with van der Waals surface area (Å²) in [6.45, 7) is 3.31. The van der Waals surface area contributed by atoms with Crippen molar-refractivity contribution in [2.24, 2.45) is 11.8 Å². The van der Waals surface area contributed by atoms with Crippen LogP contribution in [0.2, 0.25) is 0 Å². The van der Waals surface area contributed by atoms with Gasteiger partial charge in [-0.2, -0.15) is 0 Å². The van der Waals surface area contributed by atoms with E-state index in [-0.39, 0.29) is 0 Å². The second kappa shape index (κ2) is 6.58. The average molecular weight is 227 g/mol. The van der Waals surface area contributed by atoms with E-state index in [4.69, 9.17) is 4.74 Å². The average Bonchev–Trinajstić information content (AvgIpc) is 2.60. The van der Waals surface area contributed by atoms with Gasteiger partial charge in [0.15, 0.2) is 0 Å². The van der Waals surface area contributed by atoms with E-state index in [1.54, 1.807) is 0 Å². The highest BCUT2D eigenvalue weighted by molar-refractivity contribution is 4.80. The molecule has 2 N–H and O–H groups in total. The summed E-state index contributed by atoms with van der Waals surface area (Å²) < 4.78 is 5.46. The van der Waals surface area contributed by atoms with Gasteiger partial charge < -0.3 is 15.2 Å². The predicted octanol–water partition coefficient (Wildman–Crippen LogP) is 1.55. The van der Waals surface area contributed by atoms with Gasteiger partial charge in [0, 0.05) is 25.9 Å². The molecule has 2 aliphatic rings. The molecule has 0 aromatic carbocycles. The smallest absolute Gasteiger partial charge is 0.0480 e. The summed E-state index contributed by atoms with van der Waals surface area (Å²) in [6.07, 6.45) is 7.39. The summed E-state index contributed by atoms with van der Waals surface area (Å²) in [4.78, 5) is 0. The van der Waals surface area contributed by atoms with Gasteiger partial charge in [0.25, 0.3) is 0 Å². The van der Waals surface area contributed by atoms with Crippen LogP contribution in [0.25, 0.3) is 0 Å². The van der Waals surface area contributed by atoms with Crippen molar-refractivity contribution in [1.29, 1.82) is 0 Å². The van der Waals surface area contributed by atoms with Gasteiger partial charge in [0.2, 0.25) is 0 Å². The Balaban J connectivity index is 1.69. The van der Waals surface area contributed by atoms with Crippen molar-refractivity contribution in [2.75, 3.05) is 26.4 Å². The topological polar surface area (TPSA) is 41.5 Å². The maximum atomic E-state index is 9.27. The quantitative estimate of drug-likeness (QED) is 0.766. The first kappa shape index (κ1) is 12.3. The zero-order valence-corrected chi connectivity index (χ0v) is 10.2. The van der Waals surface area contributed by atoms with E-state index in [1.807, 2.05) is 0 Å². The third kappa shape index (κ3) is 3.44. The molecule has 1 saturated carbocycles. The Hall–Kier alpha value is -0.120. The molecule has 3 heteroatoms. The van der Waals surface area contributed by atoms with Crippen molar-refractivity contribution in [3.05, 3.63) is 0 Å². The fourth-order valence-corrected chi connectivity index (χ4v) is 3.05. The van der Waals surface area contributed by atoms with E-state index in [2.05, 4.69) is 5.32 Å². The van der Waals surface area contributed by atoms with Crippen LogP contribution in [-0.4, -0.2) is 37.5 Å². The Kier molecular flexibility index (Phi) is 5.07. The van der Waals surface area contributed by atoms with Crippen LogP contribution in [0.4, 0.5) is 0 Å². The van der Waals surface area contributed by atoms with Gasteiger partial charge in [0.1, 0.15) is 0 Å². The molecule has 1 saturated heterocycles. The Bertz CT molecular complexity index is 190. The number of hydrogen-bond acceptors (Lipinski definition) is 3. The lowest BCUT2D eigenvalue weighted by Crippen LogP contribution is -2.35. The molecule has 94 valence electrons. The number of nitrogens with one attached hydrogen (secondary N) is 1. The van der Waals surface area contributed by atoms with Crippen LogP contribution in [0.5, 0.6) is 0 Å². The molecule has 16 heavy (non-hydrogen) atoms. The predicted molar refractivity (Wildman–Crippen MR) is 64.4 cm³/mol. The first-order valence-corrected chi connectivity index (χ1v) is 6.82. The summed E-state index contributed by atoms with van der Waals surface area (Å²) in [5.41, 5.74) is 0. The molecule has 3 nitrogen and oxygen atoms in total. The van der Waals surface area contributed by atoms with Gasteiger partial charge >= 0.3 is 0 Å². The van der Waals surface area contributed by atoms with Gasteiger partial charge in [-0.05, 0) is 50.5 Å². The molecule has 1 aliphatic carbocycles. The standard InChI is InChI=1S/C13H25NO2/c15-10-12-4-1-3-11(12)9-14-13-5-2-7-16-8-6-13/h11-15H,1-10H2. The molecule has 3 unspecified atom stereocenters. The van der Waals surface area contributed by atoms with Crippen LogP contribution < -0.4 is 5.32 Å². The summed E-state index contributed by atoms with van der Waals surface area (Å²) in [7, 11) is 0. The molecule has 0 radical (unpaired) electrons. The third-order valence-corrected chi connectivity index (χ3v) is 4.17. The van der Waals surface area contributed by atoms with Crippen LogP contribution >= 0.6 is 0 Å². The molecule has 1 aliphatic heterocycles. The van der Waals surface area contributed by atoms with E-state index < -0.39 is 0 Å². The normalized spacial score (nSPS) is 36.2. The molecule has 0 aromatic rings. The molecule has 1 heterocycles. The van der Waals surface area contributed by atoms with Crippen LogP contribution in [0.3, 0.4) is 0 Å². The highest BCUT2D eigenvalue weighted by atomic mass is 16.5. The molecular weight excluding hydrogens is 202 g/mol. The Morgan fingerprint density at radius 1 is 1.00 bits per heavy atom. The Morgan fingerprint density at radius 3 is 2.75 bits per heavy atom. The van der Waals surface area contributed by atoms with E-state index in [0.29, 0.717) is 24.5 Å². The fraction of sp³-hybridized carbons (Fsp3) is 1.00. The summed E-state index contributed by atoms with van der Waals surface area (Å²) >= 11 is 0. The first-order chi connectivity index (χ1) is 7.90. The lowest BCUT2D eigenvalue weighted by Gasteiger charge is -2.22. The van der Waals surface area contributed by atoms with Gasteiger partial charge in [-0.25, -0.2) is 0 Å². The molecule has 0 spiro atoms. The molecule has 0 bridgehead atoms. The minimum absolute atomic E-state index is 0.375. The van der Waals surface area contributed by atoms with Crippen molar-refractivity contribution in [3.8, 4) is 0 Å². The molecule has 0 aromatic heterocycles. The van der Waals surface area contributed by atoms with Gasteiger partial charge in [-0.3, -0.25) is 0 Å². The number of aliphatic hydroxyl groups excluding tert-OH is 1. The summed E-state index contributed by atoms with van der Waals surface area (Å²) in [5, 5.41) is 12.9. The lowest BCUT2D eigenvalue weighted by atomic mass is 9.96. The first-order valence-electron chi connectivity index (χ1n) is 6.82. The van der Waals surface area contributed by atoms with Crippen molar-refractivity contribution < 1.29 is 9.84 Å². The Labute approximate surface area is 98.6 Å². The summed E-state index contributed by atoms with van der Waals surface area (Å²) in [5.74, 6) is 1.25. The second-order valence-corrected chi connectivity index (χ2v) is 5.28.